The van der Waals surface area contributed by atoms with Gasteiger partial charge in [0.25, 0.3) is 0 Å². The van der Waals surface area contributed by atoms with E-state index in [-0.39, 0.29) is 28.6 Å². The summed E-state index contributed by atoms with van der Waals surface area (Å²) in [5, 5.41) is 9.84. The molecule has 3 atom stereocenters. The van der Waals surface area contributed by atoms with Crippen molar-refractivity contribution < 1.29 is 4.84 Å². The van der Waals surface area contributed by atoms with Crippen molar-refractivity contribution >= 4 is 11.4 Å². The Hall–Kier alpha value is -2.17. The molecule has 4 nitrogen and oxygen atoms in total. The van der Waals surface area contributed by atoms with Gasteiger partial charge in [-0.1, -0.05) is 55.5 Å². The van der Waals surface area contributed by atoms with Gasteiger partial charge in [0, 0.05) is 16.5 Å². The molecule has 0 unspecified atom stereocenters. The molecule has 0 amide bonds. The summed E-state index contributed by atoms with van der Waals surface area (Å²) in [5.74, 6) is 0. The van der Waals surface area contributed by atoms with Crippen LogP contribution in [0.25, 0.3) is 0 Å². The van der Waals surface area contributed by atoms with E-state index < -0.39 is 0 Å². The summed E-state index contributed by atoms with van der Waals surface area (Å²) in [6, 6.07) is 21.5. The average molecular weight is 432 g/mol. The van der Waals surface area contributed by atoms with Crippen molar-refractivity contribution in [2.24, 2.45) is 10.5 Å². The topological polar surface area (TPSA) is 28.1 Å². The van der Waals surface area contributed by atoms with Crippen LogP contribution in [0.15, 0.2) is 65.8 Å². The first kappa shape index (κ1) is 21.7. The van der Waals surface area contributed by atoms with E-state index in [1.54, 1.807) is 0 Å². The molecule has 2 fully saturated rings. The number of nitrogens with zero attached hydrogens (tertiary/aromatic N) is 3. The maximum atomic E-state index is 7.02. The molecule has 1 saturated heterocycles. The predicted octanol–water partition coefficient (Wildman–Crippen LogP) is 6.42. The lowest BCUT2D eigenvalue weighted by Gasteiger charge is -2.53. The molecule has 3 aliphatic rings. The van der Waals surface area contributed by atoms with Gasteiger partial charge in [-0.3, -0.25) is 9.85 Å². The van der Waals surface area contributed by atoms with Crippen LogP contribution in [0.1, 0.15) is 72.3 Å². The summed E-state index contributed by atoms with van der Waals surface area (Å²) in [6.45, 7) is 11.7. The minimum absolute atomic E-state index is 0.0278. The second kappa shape index (κ2) is 7.71. The highest BCUT2D eigenvalue weighted by molar-refractivity contribution is 6.07. The smallest absolute Gasteiger partial charge is 0.103 e. The van der Waals surface area contributed by atoms with E-state index in [2.05, 4.69) is 105 Å². The quantitative estimate of drug-likeness (QED) is 0.559. The van der Waals surface area contributed by atoms with E-state index in [9.17, 15) is 0 Å². The van der Waals surface area contributed by atoms with Crippen molar-refractivity contribution in [1.29, 1.82) is 0 Å². The molecule has 1 aliphatic carbocycles. The minimum Gasteiger partial charge on any atom is -0.292 e. The molecule has 2 heterocycles. The second-order valence-electron chi connectivity index (χ2n) is 11.3. The Morgan fingerprint density at radius 2 is 1.41 bits per heavy atom. The molecule has 0 radical (unpaired) electrons. The van der Waals surface area contributed by atoms with Gasteiger partial charge in [-0.05, 0) is 77.5 Å². The van der Waals surface area contributed by atoms with E-state index in [1.165, 1.54) is 30.5 Å². The molecule has 1 saturated carbocycles. The molecule has 0 aromatic heterocycles. The zero-order valence-corrected chi connectivity index (χ0v) is 20.2. The van der Waals surface area contributed by atoms with Crippen LogP contribution in [0, 0.1) is 5.41 Å². The van der Waals surface area contributed by atoms with Crippen LogP contribution in [0.5, 0.6) is 0 Å². The Labute approximate surface area is 193 Å². The lowest BCUT2D eigenvalue weighted by atomic mass is 9.77. The third-order valence-electron chi connectivity index (χ3n) is 7.95. The van der Waals surface area contributed by atoms with Gasteiger partial charge in [-0.15, -0.1) is 0 Å². The molecule has 0 spiro atoms. The Balaban J connectivity index is 1.53. The lowest BCUT2D eigenvalue weighted by Crippen LogP contribution is -2.60. The van der Waals surface area contributed by atoms with Gasteiger partial charge < -0.3 is 0 Å². The van der Waals surface area contributed by atoms with Crippen LogP contribution >= 0.6 is 0 Å². The third kappa shape index (κ3) is 3.48. The monoisotopic (exact) mass is 431 g/mol. The van der Waals surface area contributed by atoms with Crippen LogP contribution < -0.4 is 5.01 Å². The van der Waals surface area contributed by atoms with Gasteiger partial charge in [0.1, 0.15) is 6.10 Å². The number of para-hydroxylation sites is 1. The van der Waals surface area contributed by atoms with Gasteiger partial charge in [0.05, 0.1) is 17.4 Å². The fourth-order valence-corrected chi connectivity index (χ4v) is 6.42. The molecule has 0 N–H and O–H groups in total. The average Bonchev–Trinajstić information content (AvgIpc) is 3.25. The van der Waals surface area contributed by atoms with Crippen molar-refractivity contribution in [2.75, 3.05) is 5.01 Å². The van der Waals surface area contributed by atoms with Gasteiger partial charge in [-0.25, -0.2) is 0 Å². The van der Waals surface area contributed by atoms with E-state index in [0.29, 0.717) is 0 Å². The fraction of sp³-hybridized carbons (Fsp3) is 0.536. The SMILES string of the molecule is CC1(C)CCCC(C)(C)N1O[C@H]1CC[C@]2(C)C(c3ccccc3)=NN(c3ccccc3)[C@H]12. The van der Waals surface area contributed by atoms with E-state index in [4.69, 9.17) is 9.94 Å². The number of anilines is 1. The molecule has 4 heteroatoms. The van der Waals surface area contributed by atoms with Crippen molar-refractivity contribution in [3.05, 3.63) is 66.2 Å². The maximum absolute atomic E-state index is 7.02. The third-order valence-corrected chi connectivity index (χ3v) is 7.95. The molecule has 170 valence electrons. The molecular weight excluding hydrogens is 394 g/mol. The Morgan fingerprint density at radius 3 is 2.03 bits per heavy atom. The number of fused-ring (bicyclic) bond motifs is 1. The number of hydroxylamine groups is 2. The van der Waals surface area contributed by atoms with Crippen LogP contribution in [0.4, 0.5) is 5.69 Å². The zero-order valence-electron chi connectivity index (χ0n) is 20.2. The summed E-state index contributed by atoms with van der Waals surface area (Å²) in [6.07, 6.45) is 5.80. The standard InChI is InChI=1S/C28H37N3O/c1-26(2)18-12-19-27(3,4)31(26)32-23-17-20-28(5)24(21-13-8-6-9-14-21)29-30(25(23)28)22-15-10-7-11-16-22/h6-11,13-16,23,25H,12,17-20H2,1-5H3/t23-,25+,28+/m0/s1. The molecule has 2 aromatic rings. The van der Waals surface area contributed by atoms with Crippen molar-refractivity contribution in [3.8, 4) is 0 Å². The Bertz CT molecular complexity index is 968. The van der Waals surface area contributed by atoms with E-state index in [1.807, 2.05) is 0 Å². The fourth-order valence-electron chi connectivity index (χ4n) is 6.42. The Morgan fingerprint density at radius 1 is 0.812 bits per heavy atom. The van der Waals surface area contributed by atoms with Gasteiger partial charge in [-0.2, -0.15) is 10.2 Å². The minimum atomic E-state index is -0.0497. The number of benzene rings is 2. The first-order chi connectivity index (χ1) is 15.2. The zero-order chi connectivity index (χ0) is 22.6. The first-order valence-electron chi connectivity index (χ1n) is 12.2. The van der Waals surface area contributed by atoms with Gasteiger partial charge in [0.2, 0.25) is 0 Å². The van der Waals surface area contributed by atoms with Crippen LogP contribution in [-0.4, -0.2) is 34.0 Å². The highest BCUT2D eigenvalue weighted by atomic mass is 16.7. The Kier molecular flexibility index (Phi) is 5.22. The molecule has 0 bridgehead atoms. The molecule has 32 heavy (non-hydrogen) atoms. The summed E-state index contributed by atoms with van der Waals surface area (Å²) in [7, 11) is 0. The van der Waals surface area contributed by atoms with E-state index >= 15 is 0 Å². The highest BCUT2D eigenvalue weighted by Gasteiger charge is 2.58. The van der Waals surface area contributed by atoms with Crippen LogP contribution in [0.2, 0.25) is 0 Å². The number of hydrogen-bond acceptors (Lipinski definition) is 4. The van der Waals surface area contributed by atoms with E-state index in [0.717, 1.165) is 18.5 Å². The number of hydrogen-bond donors (Lipinski definition) is 0. The molecule has 2 aliphatic heterocycles. The lowest BCUT2D eigenvalue weighted by molar-refractivity contribution is -0.305. The summed E-state index contributed by atoms with van der Waals surface area (Å²) in [5.41, 5.74) is 3.56. The number of rotatable bonds is 4. The van der Waals surface area contributed by atoms with Crippen molar-refractivity contribution in [3.63, 3.8) is 0 Å². The van der Waals surface area contributed by atoms with Crippen molar-refractivity contribution in [2.45, 2.75) is 89.9 Å². The summed E-state index contributed by atoms with van der Waals surface area (Å²) in [4.78, 5) is 7.02. The number of piperidine rings is 1. The van der Waals surface area contributed by atoms with Gasteiger partial charge >= 0.3 is 0 Å². The largest absolute Gasteiger partial charge is 0.292 e. The van der Waals surface area contributed by atoms with Gasteiger partial charge in [0.15, 0.2) is 0 Å². The summed E-state index contributed by atoms with van der Waals surface area (Å²) < 4.78 is 0. The maximum Gasteiger partial charge on any atom is 0.103 e. The van der Waals surface area contributed by atoms with Crippen molar-refractivity contribution in [1.82, 2.24) is 5.06 Å². The number of hydrazone groups is 1. The molecule has 5 rings (SSSR count). The van der Waals surface area contributed by atoms with Crippen LogP contribution in [-0.2, 0) is 4.84 Å². The summed E-state index contributed by atoms with van der Waals surface area (Å²) >= 11 is 0. The predicted molar refractivity (Wildman–Crippen MR) is 132 cm³/mol. The first-order valence-corrected chi connectivity index (χ1v) is 12.2. The van der Waals surface area contributed by atoms with Crippen LogP contribution in [0.3, 0.4) is 0 Å². The molecular formula is C28H37N3O. The highest BCUT2D eigenvalue weighted by Crippen LogP contribution is 2.52. The second-order valence-corrected chi connectivity index (χ2v) is 11.3. The molecule has 2 aromatic carbocycles. The normalized spacial score (nSPS) is 31.4.